The number of carboxylic acids is 1. The fourth-order valence-corrected chi connectivity index (χ4v) is 1.42. The molecule has 0 saturated carbocycles. The average molecular weight is 207 g/mol. The van der Waals surface area contributed by atoms with Crippen LogP contribution >= 0.6 is 0 Å². The van der Waals surface area contributed by atoms with Gasteiger partial charge in [-0.05, 0) is 11.6 Å². The Balaban J connectivity index is 2.54. The van der Waals surface area contributed by atoms with E-state index in [4.69, 9.17) is 14.6 Å². The van der Waals surface area contributed by atoms with E-state index < -0.39 is 5.97 Å². The van der Waals surface area contributed by atoms with Crippen LogP contribution in [-0.2, 0) is 17.8 Å². The Morgan fingerprint density at radius 1 is 1.47 bits per heavy atom. The first-order chi connectivity index (χ1) is 7.20. The molecule has 0 bridgehead atoms. The minimum Gasteiger partial charge on any atom is -0.481 e. The van der Waals surface area contributed by atoms with Gasteiger partial charge >= 0.3 is 5.97 Å². The molecule has 0 aliphatic heterocycles. The van der Waals surface area contributed by atoms with Crippen molar-refractivity contribution in [1.82, 2.24) is 4.98 Å². The number of nitrogens with zero attached hydrogens (tertiary/aromatic N) is 1. The molecular formula is C10H9NO4. The molecule has 0 fully saturated rings. The molecule has 1 heterocycles. The Labute approximate surface area is 85.0 Å². The molecule has 0 unspecified atom stereocenters. The summed E-state index contributed by atoms with van der Waals surface area (Å²) < 4.78 is 5.19. The SMILES string of the molecule is O=C(O)Cc1cccc2oc(CO)nc12. The quantitative estimate of drug-likeness (QED) is 0.782. The first-order valence-electron chi connectivity index (χ1n) is 4.40. The van der Waals surface area contributed by atoms with Gasteiger partial charge in [-0.3, -0.25) is 4.79 Å². The highest BCUT2D eigenvalue weighted by Gasteiger charge is 2.10. The van der Waals surface area contributed by atoms with Gasteiger partial charge in [0.25, 0.3) is 0 Å². The number of aliphatic hydroxyl groups is 1. The Hall–Kier alpha value is -1.88. The summed E-state index contributed by atoms with van der Waals surface area (Å²) in [6.45, 7) is -0.290. The Morgan fingerprint density at radius 3 is 2.93 bits per heavy atom. The molecule has 0 spiro atoms. The zero-order valence-corrected chi connectivity index (χ0v) is 7.80. The van der Waals surface area contributed by atoms with Crippen molar-refractivity contribution in [2.24, 2.45) is 0 Å². The highest BCUT2D eigenvalue weighted by Crippen LogP contribution is 2.20. The smallest absolute Gasteiger partial charge is 0.307 e. The van der Waals surface area contributed by atoms with Crippen LogP contribution < -0.4 is 0 Å². The normalized spacial score (nSPS) is 10.7. The number of hydrogen-bond donors (Lipinski definition) is 2. The van der Waals surface area contributed by atoms with Crippen LogP contribution in [0.3, 0.4) is 0 Å². The Morgan fingerprint density at radius 2 is 2.27 bits per heavy atom. The van der Waals surface area contributed by atoms with Crippen LogP contribution in [0.25, 0.3) is 11.1 Å². The molecule has 0 aliphatic carbocycles. The zero-order valence-electron chi connectivity index (χ0n) is 7.80. The zero-order chi connectivity index (χ0) is 10.8. The van der Waals surface area contributed by atoms with E-state index in [-0.39, 0.29) is 18.9 Å². The number of carbonyl (C=O) groups is 1. The summed E-state index contributed by atoms with van der Waals surface area (Å²) in [5.74, 6) is -0.723. The monoisotopic (exact) mass is 207 g/mol. The standard InChI is InChI=1S/C10H9NO4/c12-5-8-11-10-6(4-9(13)14)2-1-3-7(10)15-8/h1-3,12H,4-5H2,(H,13,14). The molecule has 2 rings (SSSR count). The molecule has 0 saturated heterocycles. The molecule has 5 heteroatoms. The van der Waals surface area contributed by atoms with Gasteiger partial charge in [0.05, 0.1) is 6.42 Å². The highest BCUT2D eigenvalue weighted by atomic mass is 16.4. The van der Waals surface area contributed by atoms with Gasteiger partial charge in [-0.2, -0.15) is 0 Å². The average Bonchev–Trinajstić information content (AvgIpc) is 2.61. The first kappa shape index (κ1) is 9.67. The van der Waals surface area contributed by atoms with Crippen molar-refractivity contribution < 1.29 is 19.4 Å². The summed E-state index contributed by atoms with van der Waals surface area (Å²) in [6, 6.07) is 5.07. The van der Waals surface area contributed by atoms with Crippen LogP contribution in [0.15, 0.2) is 22.6 Å². The third-order valence-corrected chi connectivity index (χ3v) is 2.02. The van der Waals surface area contributed by atoms with E-state index >= 15 is 0 Å². The van der Waals surface area contributed by atoms with Crippen LogP contribution in [0.4, 0.5) is 0 Å². The van der Waals surface area contributed by atoms with Crippen molar-refractivity contribution in [2.75, 3.05) is 0 Å². The lowest BCUT2D eigenvalue weighted by atomic mass is 10.1. The molecule has 0 radical (unpaired) electrons. The van der Waals surface area contributed by atoms with Crippen LogP contribution in [-0.4, -0.2) is 21.2 Å². The lowest BCUT2D eigenvalue weighted by Crippen LogP contribution is -2.00. The van der Waals surface area contributed by atoms with Crippen LogP contribution in [0.5, 0.6) is 0 Å². The van der Waals surface area contributed by atoms with E-state index in [0.29, 0.717) is 16.7 Å². The summed E-state index contributed by atoms with van der Waals surface area (Å²) in [4.78, 5) is 14.6. The third kappa shape index (κ3) is 1.82. The van der Waals surface area contributed by atoms with Gasteiger partial charge in [-0.25, -0.2) is 4.98 Å². The summed E-state index contributed by atoms with van der Waals surface area (Å²) in [7, 11) is 0. The maximum absolute atomic E-state index is 10.6. The van der Waals surface area contributed by atoms with Crippen LogP contribution in [0, 0.1) is 0 Å². The van der Waals surface area contributed by atoms with Gasteiger partial charge < -0.3 is 14.6 Å². The van der Waals surface area contributed by atoms with E-state index in [9.17, 15) is 4.79 Å². The maximum Gasteiger partial charge on any atom is 0.307 e. The maximum atomic E-state index is 10.6. The van der Waals surface area contributed by atoms with Crippen molar-refractivity contribution in [1.29, 1.82) is 0 Å². The number of rotatable bonds is 3. The summed E-state index contributed by atoms with van der Waals surface area (Å²) in [6.07, 6.45) is -0.102. The third-order valence-electron chi connectivity index (χ3n) is 2.02. The Kier molecular flexibility index (Phi) is 2.39. The molecule has 0 aliphatic rings. The van der Waals surface area contributed by atoms with Crippen LogP contribution in [0.1, 0.15) is 11.5 Å². The van der Waals surface area contributed by atoms with Crippen LogP contribution in [0.2, 0.25) is 0 Å². The van der Waals surface area contributed by atoms with Crippen molar-refractivity contribution in [2.45, 2.75) is 13.0 Å². The Bertz CT molecular complexity index is 503. The number of carboxylic acid groups (broad SMARTS) is 1. The predicted molar refractivity (Wildman–Crippen MR) is 51.3 cm³/mol. The van der Waals surface area contributed by atoms with Gasteiger partial charge in [0.1, 0.15) is 12.1 Å². The van der Waals surface area contributed by atoms with E-state index in [1.54, 1.807) is 18.2 Å². The lowest BCUT2D eigenvalue weighted by molar-refractivity contribution is -0.136. The summed E-state index contributed by atoms with van der Waals surface area (Å²) in [5.41, 5.74) is 1.59. The van der Waals surface area contributed by atoms with E-state index in [1.165, 1.54) is 0 Å². The van der Waals surface area contributed by atoms with Crippen molar-refractivity contribution in [3.8, 4) is 0 Å². The number of aliphatic carboxylic acids is 1. The summed E-state index contributed by atoms with van der Waals surface area (Å²) in [5, 5.41) is 17.5. The second-order valence-corrected chi connectivity index (χ2v) is 3.10. The minimum absolute atomic E-state index is 0.102. The molecule has 78 valence electrons. The number of hydrogen-bond acceptors (Lipinski definition) is 4. The molecular weight excluding hydrogens is 198 g/mol. The number of para-hydroxylation sites is 1. The van der Waals surface area contributed by atoms with Crippen molar-refractivity contribution in [3.63, 3.8) is 0 Å². The van der Waals surface area contributed by atoms with Gasteiger partial charge in [-0.1, -0.05) is 12.1 Å². The van der Waals surface area contributed by atoms with Gasteiger partial charge in [0, 0.05) is 0 Å². The fraction of sp³-hybridized carbons (Fsp3) is 0.200. The van der Waals surface area contributed by atoms with Gasteiger partial charge in [0.15, 0.2) is 5.58 Å². The fourth-order valence-electron chi connectivity index (χ4n) is 1.42. The molecule has 5 nitrogen and oxygen atoms in total. The molecule has 0 amide bonds. The number of aromatic nitrogens is 1. The second kappa shape index (κ2) is 3.70. The minimum atomic E-state index is -0.920. The molecule has 2 aromatic rings. The van der Waals surface area contributed by atoms with Gasteiger partial charge in [-0.15, -0.1) is 0 Å². The second-order valence-electron chi connectivity index (χ2n) is 3.10. The largest absolute Gasteiger partial charge is 0.481 e. The number of benzene rings is 1. The highest BCUT2D eigenvalue weighted by molar-refractivity contribution is 5.82. The number of aliphatic hydroxyl groups excluding tert-OH is 1. The molecule has 15 heavy (non-hydrogen) atoms. The predicted octanol–water partition coefficient (Wildman–Crippen LogP) is 0.947. The van der Waals surface area contributed by atoms with E-state index in [2.05, 4.69) is 4.98 Å². The molecule has 0 atom stereocenters. The lowest BCUT2D eigenvalue weighted by Gasteiger charge is -1.95. The summed E-state index contributed by atoms with van der Waals surface area (Å²) >= 11 is 0. The van der Waals surface area contributed by atoms with Crippen molar-refractivity contribution in [3.05, 3.63) is 29.7 Å². The molecule has 1 aromatic carbocycles. The van der Waals surface area contributed by atoms with Crippen molar-refractivity contribution >= 4 is 17.1 Å². The number of fused-ring (bicyclic) bond motifs is 1. The molecule has 2 N–H and O–H groups in total. The van der Waals surface area contributed by atoms with E-state index in [1.807, 2.05) is 0 Å². The van der Waals surface area contributed by atoms with Gasteiger partial charge in [0.2, 0.25) is 5.89 Å². The topological polar surface area (TPSA) is 83.6 Å². The number of oxazole rings is 1. The first-order valence-corrected chi connectivity index (χ1v) is 4.40. The van der Waals surface area contributed by atoms with E-state index in [0.717, 1.165) is 0 Å². The molecule has 1 aromatic heterocycles.